The van der Waals surface area contributed by atoms with Gasteiger partial charge in [0, 0.05) is 6.66 Å². The second-order valence-corrected chi connectivity index (χ2v) is 13.3. The second-order valence-electron chi connectivity index (χ2n) is 10.7. The molecule has 190 valence electrons. The summed E-state index contributed by atoms with van der Waals surface area (Å²) in [6.07, 6.45) is 0. The number of benzene rings is 4. The number of aryl methyl sites for hydroxylation is 6. The van der Waals surface area contributed by atoms with Crippen LogP contribution in [0.1, 0.15) is 56.6 Å². The van der Waals surface area contributed by atoms with Crippen LogP contribution in [0.25, 0.3) is 0 Å². The minimum atomic E-state index is -3.12. The number of hydrogen-bond acceptors (Lipinski definition) is 1. The average molecular weight is 509 g/mol. The van der Waals surface area contributed by atoms with Crippen LogP contribution < -0.4 is 9.34 Å². The summed E-state index contributed by atoms with van der Waals surface area (Å²) in [6, 6.07) is 29.8. The lowest BCUT2D eigenvalue weighted by Crippen LogP contribution is -2.25. The van der Waals surface area contributed by atoms with Crippen LogP contribution in [0.15, 0.2) is 84.9 Å². The van der Waals surface area contributed by atoms with Crippen molar-refractivity contribution in [3.63, 3.8) is 0 Å². The maximum Gasteiger partial charge on any atom is 0.261 e. The largest absolute Gasteiger partial charge is 0.297 e. The van der Waals surface area contributed by atoms with E-state index in [1.807, 2.05) is 6.66 Å². The number of rotatable bonds is 4. The first-order valence-corrected chi connectivity index (χ1v) is 15.1. The average Bonchev–Trinajstić information content (AvgIpc) is 3.06. The van der Waals surface area contributed by atoms with E-state index in [9.17, 15) is 0 Å². The molecule has 0 unspecified atom stereocenters. The zero-order valence-corrected chi connectivity index (χ0v) is 23.9. The van der Waals surface area contributed by atoms with Gasteiger partial charge < -0.3 is 0 Å². The molecule has 37 heavy (non-hydrogen) atoms. The van der Waals surface area contributed by atoms with E-state index in [0.717, 1.165) is 33.6 Å². The fourth-order valence-corrected chi connectivity index (χ4v) is 9.52. The van der Waals surface area contributed by atoms with Crippen molar-refractivity contribution in [3.05, 3.63) is 129 Å². The van der Waals surface area contributed by atoms with Gasteiger partial charge in [0.1, 0.15) is 0 Å². The van der Waals surface area contributed by atoms with E-state index in [2.05, 4.69) is 136 Å². The fraction of sp³-hybridized carbons (Fsp3) is 0.273. The lowest BCUT2D eigenvalue weighted by atomic mass is 9.91. The molecule has 0 aliphatic carbocycles. The Balaban J connectivity index is 1.88. The smallest absolute Gasteiger partial charge is 0.261 e. The van der Waals surface area contributed by atoms with Gasteiger partial charge in [-0.3, -0.25) is 13.9 Å². The molecular weight excluding hydrogens is 471 g/mol. The molecule has 0 amide bonds. The van der Waals surface area contributed by atoms with Gasteiger partial charge in [0.2, 0.25) is 0 Å². The molecular formula is C33H37N2OP. The van der Waals surface area contributed by atoms with E-state index in [-0.39, 0.29) is 12.1 Å². The van der Waals surface area contributed by atoms with E-state index in [0.29, 0.717) is 0 Å². The number of anilines is 2. The normalized spacial score (nSPS) is 18.9. The quantitative estimate of drug-likeness (QED) is 0.257. The molecule has 2 atom stereocenters. The van der Waals surface area contributed by atoms with Crippen LogP contribution in [0.2, 0.25) is 0 Å². The van der Waals surface area contributed by atoms with E-state index >= 15 is 4.57 Å². The molecule has 1 aliphatic heterocycles. The first-order chi connectivity index (χ1) is 17.6. The summed E-state index contributed by atoms with van der Waals surface area (Å²) in [6.45, 7) is 14.8. The van der Waals surface area contributed by atoms with Gasteiger partial charge in [-0.1, -0.05) is 96.1 Å². The highest BCUT2D eigenvalue weighted by Gasteiger charge is 2.54. The van der Waals surface area contributed by atoms with E-state index in [1.165, 1.54) is 22.3 Å². The zero-order valence-electron chi connectivity index (χ0n) is 23.0. The highest BCUT2D eigenvalue weighted by Crippen LogP contribution is 2.71. The molecule has 0 N–H and O–H groups in total. The van der Waals surface area contributed by atoms with Crippen molar-refractivity contribution in [3.8, 4) is 0 Å². The minimum absolute atomic E-state index is 0.125. The lowest BCUT2D eigenvalue weighted by Gasteiger charge is -2.35. The predicted octanol–water partition coefficient (Wildman–Crippen LogP) is 9.17. The Kier molecular flexibility index (Phi) is 6.54. The minimum Gasteiger partial charge on any atom is -0.297 e. The maximum atomic E-state index is 15.5. The second kappa shape index (κ2) is 9.54. The summed E-state index contributed by atoms with van der Waals surface area (Å²) >= 11 is 0. The molecule has 0 radical (unpaired) electrons. The maximum absolute atomic E-state index is 15.5. The van der Waals surface area contributed by atoms with Crippen molar-refractivity contribution in [2.24, 2.45) is 0 Å². The highest BCUT2D eigenvalue weighted by atomic mass is 31.2. The van der Waals surface area contributed by atoms with Crippen molar-refractivity contribution in [2.75, 3.05) is 16.0 Å². The molecule has 0 spiro atoms. The zero-order chi connectivity index (χ0) is 26.5. The van der Waals surface area contributed by atoms with Crippen molar-refractivity contribution in [2.45, 2.75) is 53.6 Å². The highest BCUT2D eigenvalue weighted by molar-refractivity contribution is 7.66. The molecule has 1 heterocycles. The standard InChI is InChI=1S/C33H37N2OP/c1-22-18-24(3)30(25(4)19-22)34-32(28-14-10-8-11-15-28)33(29-16-12-9-13-17-29)35(37(34,7)36)31-26(5)20-23(2)21-27(31)6/h8-21,32-33H,1-7H3/t32-,33-/m1/s1. The van der Waals surface area contributed by atoms with Gasteiger partial charge in [-0.15, -0.1) is 0 Å². The molecule has 4 aromatic rings. The van der Waals surface area contributed by atoms with Crippen LogP contribution in [-0.2, 0) is 4.57 Å². The van der Waals surface area contributed by atoms with Crippen LogP contribution in [0.4, 0.5) is 11.4 Å². The fourth-order valence-electron chi connectivity index (χ4n) is 6.50. The predicted molar refractivity (Wildman–Crippen MR) is 158 cm³/mol. The van der Waals surface area contributed by atoms with Crippen molar-refractivity contribution < 1.29 is 4.57 Å². The Morgan fingerprint density at radius 2 is 0.838 bits per heavy atom. The topological polar surface area (TPSA) is 23.6 Å². The van der Waals surface area contributed by atoms with Crippen LogP contribution in [0.5, 0.6) is 0 Å². The summed E-state index contributed by atoms with van der Waals surface area (Å²) in [5.74, 6) is 0. The summed E-state index contributed by atoms with van der Waals surface area (Å²) in [5, 5.41) is 0. The van der Waals surface area contributed by atoms with Crippen LogP contribution in [0.3, 0.4) is 0 Å². The molecule has 5 rings (SSSR count). The van der Waals surface area contributed by atoms with Crippen LogP contribution >= 0.6 is 7.44 Å². The Bertz CT molecular complexity index is 1340. The van der Waals surface area contributed by atoms with Crippen LogP contribution in [-0.4, -0.2) is 6.66 Å². The van der Waals surface area contributed by atoms with E-state index in [4.69, 9.17) is 0 Å². The molecule has 0 saturated carbocycles. The lowest BCUT2D eigenvalue weighted by molar-refractivity contribution is 0.577. The molecule has 1 aliphatic rings. The summed E-state index contributed by atoms with van der Waals surface area (Å²) in [7, 11) is -3.12. The Morgan fingerprint density at radius 3 is 1.14 bits per heavy atom. The third-order valence-electron chi connectivity index (χ3n) is 7.64. The molecule has 0 aromatic heterocycles. The van der Waals surface area contributed by atoms with Crippen LogP contribution in [0, 0.1) is 41.5 Å². The molecule has 1 saturated heterocycles. The molecule has 0 bridgehead atoms. The Morgan fingerprint density at radius 1 is 0.541 bits per heavy atom. The van der Waals surface area contributed by atoms with Gasteiger partial charge in [0.05, 0.1) is 23.5 Å². The van der Waals surface area contributed by atoms with Crippen molar-refractivity contribution in [1.29, 1.82) is 0 Å². The van der Waals surface area contributed by atoms with Gasteiger partial charge in [-0.25, -0.2) is 0 Å². The third-order valence-corrected chi connectivity index (χ3v) is 10.1. The third kappa shape index (κ3) is 4.30. The Labute approximate surface area is 222 Å². The van der Waals surface area contributed by atoms with Crippen molar-refractivity contribution in [1.82, 2.24) is 0 Å². The summed E-state index contributed by atoms with van der Waals surface area (Å²) in [5.41, 5.74) is 11.6. The Hall–Kier alpha value is -3.29. The monoisotopic (exact) mass is 508 g/mol. The summed E-state index contributed by atoms with van der Waals surface area (Å²) in [4.78, 5) is 0. The molecule has 1 fully saturated rings. The van der Waals surface area contributed by atoms with Crippen molar-refractivity contribution >= 4 is 18.8 Å². The molecule has 4 aromatic carbocycles. The first kappa shape index (κ1) is 25.4. The van der Waals surface area contributed by atoms with E-state index in [1.54, 1.807) is 0 Å². The number of hydrogen-bond donors (Lipinski definition) is 0. The van der Waals surface area contributed by atoms with Gasteiger partial charge in [-0.05, 0) is 74.9 Å². The van der Waals surface area contributed by atoms with Gasteiger partial charge >= 0.3 is 0 Å². The van der Waals surface area contributed by atoms with E-state index < -0.39 is 7.44 Å². The molecule has 4 heteroatoms. The SMILES string of the molecule is Cc1cc(C)c(N2[C@H](c3ccccc3)[C@@H](c3ccccc3)N(c3c(C)cc(C)cc3C)P2(C)=O)c(C)c1. The summed E-state index contributed by atoms with van der Waals surface area (Å²) < 4.78 is 20.0. The number of nitrogens with zero attached hydrogens (tertiary/aromatic N) is 2. The van der Waals surface area contributed by atoms with Gasteiger partial charge in [-0.2, -0.15) is 0 Å². The van der Waals surface area contributed by atoms with Gasteiger partial charge in [0.15, 0.2) is 0 Å². The van der Waals surface area contributed by atoms with Gasteiger partial charge in [0.25, 0.3) is 7.44 Å². The molecule has 3 nitrogen and oxygen atoms in total. The first-order valence-electron chi connectivity index (χ1n) is 13.0.